The van der Waals surface area contributed by atoms with Gasteiger partial charge in [-0.05, 0) is 6.42 Å². The Labute approximate surface area is 121 Å². The number of aromatic nitrogens is 6. The lowest BCUT2D eigenvalue weighted by molar-refractivity contribution is 0.0689. The van der Waals surface area contributed by atoms with Crippen LogP contribution in [0, 0.1) is 0 Å². The van der Waals surface area contributed by atoms with Crippen molar-refractivity contribution in [3.8, 4) is 0 Å². The molecule has 9 nitrogen and oxygen atoms in total. The summed E-state index contributed by atoms with van der Waals surface area (Å²) >= 11 is 0. The number of carboxylic acids is 1. The number of aromatic carboxylic acids is 1. The standard InChI is InChI=1S/C12H17N7O2/c1-2-3-18-11(13-8-14-18)7-17-4-9(5-17)19-6-10(12(20)21)15-16-19/h6,8-9H,2-5,7H2,1H3,(H,20,21). The van der Waals surface area contributed by atoms with Crippen LogP contribution in [0.2, 0.25) is 0 Å². The molecule has 0 amide bonds. The van der Waals surface area contributed by atoms with E-state index in [0.717, 1.165) is 38.4 Å². The third-order valence-corrected chi connectivity index (χ3v) is 3.54. The van der Waals surface area contributed by atoms with E-state index in [4.69, 9.17) is 5.11 Å². The van der Waals surface area contributed by atoms with Crippen LogP contribution in [-0.4, -0.2) is 58.8 Å². The molecule has 0 bridgehead atoms. The predicted molar refractivity (Wildman–Crippen MR) is 71.6 cm³/mol. The van der Waals surface area contributed by atoms with Gasteiger partial charge >= 0.3 is 5.97 Å². The molecule has 0 aliphatic carbocycles. The summed E-state index contributed by atoms with van der Waals surface area (Å²) in [5.74, 6) is -0.0924. The molecule has 0 atom stereocenters. The van der Waals surface area contributed by atoms with Gasteiger partial charge in [0.25, 0.3) is 0 Å². The third kappa shape index (κ3) is 2.77. The van der Waals surface area contributed by atoms with Crippen molar-refractivity contribution >= 4 is 5.97 Å². The molecule has 0 aromatic carbocycles. The summed E-state index contributed by atoms with van der Waals surface area (Å²) in [5.41, 5.74) is -0.0175. The van der Waals surface area contributed by atoms with Crippen molar-refractivity contribution in [2.24, 2.45) is 0 Å². The van der Waals surface area contributed by atoms with Crippen molar-refractivity contribution in [3.63, 3.8) is 0 Å². The van der Waals surface area contributed by atoms with Gasteiger partial charge in [0.1, 0.15) is 12.2 Å². The fraction of sp³-hybridized carbons (Fsp3) is 0.583. The Morgan fingerprint density at radius 1 is 1.48 bits per heavy atom. The monoisotopic (exact) mass is 291 g/mol. The minimum absolute atomic E-state index is 0.0175. The molecule has 2 aromatic rings. The first-order valence-corrected chi connectivity index (χ1v) is 6.91. The van der Waals surface area contributed by atoms with E-state index >= 15 is 0 Å². The van der Waals surface area contributed by atoms with Crippen molar-refractivity contribution in [2.45, 2.75) is 32.5 Å². The lowest BCUT2D eigenvalue weighted by Gasteiger charge is -2.38. The number of hydrogen-bond donors (Lipinski definition) is 1. The first-order valence-electron chi connectivity index (χ1n) is 6.91. The van der Waals surface area contributed by atoms with Crippen LogP contribution in [0.1, 0.15) is 35.7 Å². The fourth-order valence-electron chi connectivity index (χ4n) is 2.40. The van der Waals surface area contributed by atoms with E-state index in [9.17, 15) is 4.79 Å². The van der Waals surface area contributed by atoms with Gasteiger partial charge in [0.15, 0.2) is 5.69 Å². The minimum atomic E-state index is -1.05. The lowest BCUT2D eigenvalue weighted by atomic mass is 10.1. The number of likely N-dealkylation sites (tertiary alicyclic amines) is 1. The zero-order valence-electron chi connectivity index (χ0n) is 11.8. The van der Waals surface area contributed by atoms with Crippen LogP contribution in [-0.2, 0) is 13.1 Å². The summed E-state index contributed by atoms with van der Waals surface area (Å²) < 4.78 is 3.54. The van der Waals surface area contributed by atoms with Crippen LogP contribution in [0.25, 0.3) is 0 Å². The molecule has 1 aliphatic rings. The van der Waals surface area contributed by atoms with Gasteiger partial charge in [0.2, 0.25) is 0 Å². The highest BCUT2D eigenvalue weighted by atomic mass is 16.4. The van der Waals surface area contributed by atoms with Crippen LogP contribution < -0.4 is 0 Å². The summed E-state index contributed by atoms with van der Waals surface area (Å²) in [6, 6.07) is 0.174. The molecule has 1 saturated heterocycles. The van der Waals surface area contributed by atoms with Gasteiger partial charge in [0.05, 0.1) is 18.8 Å². The van der Waals surface area contributed by atoms with Crippen molar-refractivity contribution in [1.82, 2.24) is 34.7 Å². The average molecular weight is 291 g/mol. The molecular formula is C12H17N7O2. The summed E-state index contributed by atoms with van der Waals surface area (Å²) in [7, 11) is 0. The molecular weight excluding hydrogens is 274 g/mol. The second kappa shape index (κ2) is 5.60. The van der Waals surface area contributed by atoms with Crippen molar-refractivity contribution in [2.75, 3.05) is 13.1 Å². The number of carbonyl (C=O) groups is 1. The summed E-state index contributed by atoms with van der Waals surface area (Å²) in [6.45, 7) is 5.34. The number of carboxylic acid groups (broad SMARTS) is 1. The normalized spacial score (nSPS) is 16.0. The first kappa shape index (κ1) is 13.7. The first-order chi connectivity index (χ1) is 10.2. The Morgan fingerprint density at radius 3 is 2.95 bits per heavy atom. The molecule has 112 valence electrons. The van der Waals surface area contributed by atoms with E-state index in [2.05, 4.69) is 32.2 Å². The van der Waals surface area contributed by atoms with E-state index in [1.807, 2.05) is 4.68 Å². The fourth-order valence-corrected chi connectivity index (χ4v) is 2.40. The molecule has 3 heterocycles. The Hall–Kier alpha value is -2.29. The SMILES string of the molecule is CCCn1ncnc1CN1CC(n2cc(C(=O)O)nn2)C1. The zero-order chi connectivity index (χ0) is 14.8. The van der Waals surface area contributed by atoms with Crippen LogP contribution in [0.4, 0.5) is 0 Å². The van der Waals surface area contributed by atoms with Crippen molar-refractivity contribution in [3.05, 3.63) is 24.0 Å². The maximum Gasteiger partial charge on any atom is 0.358 e. The summed E-state index contributed by atoms with van der Waals surface area (Å²) in [5, 5.41) is 20.5. The largest absolute Gasteiger partial charge is 0.476 e. The highest BCUT2D eigenvalue weighted by Crippen LogP contribution is 2.22. The van der Waals surface area contributed by atoms with Gasteiger partial charge in [-0.1, -0.05) is 12.1 Å². The van der Waals surface area contributed by atoms with Gasteiger partial charge in [-0.3, -0.25) is 4.90 Å². The van der Waals surface area contributed by atoms with Crippen molar-refractivity contribution in [1.29, 1.82) is 0 Å². The Kier molecular flexibility index (Phi) is 3.65. The van der Waals surface area contributed by atoms with E-state index in [1.54, 1.807) is 11.0 Å². The smallest absolute Gasteiger partial charge is 0.358 e. The molecule has 0 saturated carbocycles. The molecule has 1 aliphatic heterocycles. The second-order valence-electron chi connectivity index (χ2n) is 5.14. The molecule has 0 unspecified atom stereocenters. The van der Waals surface area contributed by atoms with Gasteiger partial charge < -0.3 is 5.11 Å². The number of rotatable bonds is 6. The van der Waals surface area contributed by atoms with Crippen LogP contribution in [0.5, 0.6) is 0 Å². The number of aryl methyl sites for hydroxylation is 1. The van der Waals surface area contributed by atoms with Gasteiger partial charge in [0, 0.05) is 19.6 Å². The highest BCUT2D eigenvalue weighted by Gasteiger charge is 2.30. The Balaban J connectivity index is 1.55. The zero-order valence-corrected chi connectivity index (χ0v) is 11.8. The summed E-state index contributed by atoms with van der Waals surface area (Å²) in [4.78, 5) is 17.3. The molecule has 1 N–H and O–H groups in total. The van der Waals surface area contributed by atoms with Crippen molar-refractivity contribution < 1.29 is 9.90 Å². The molecule has 9 heteroatoms. The van der Waals surface area contributed by atoms with Gasteiger partial charge in [-0.2, -0.15) is 5.10 Å². The minimum Gasteiger partial charge on any atom is -0.476 e. The molecule has 2 aromatic heterocycles. The van der Waals surface area contributed by atoms with E-state index in [0.29, 0.717) is 0 Å². The molecule has 0 radical (unpaired) electrons. The molecule has 0 spiro atoms. The van der Waals surface area contributed by atoms with Gasteiger partial charge in [-0.25, -0.2) is 19.1 Å². The number of hydrogen-bond acceptors (Lipinski definition) is 6. The van der Waals surface area contributed by atoms with Gasteiger partial charge in [-0.15, -0.1) is 5.10 Å². The van der Waals surface area contributed by atoms with Crippen LogP contribution in [0.15, 0.2) is 12.5 Å². The second-order valence-corrected chi connectivity index (χ2v) is 5.14. The Morgan fingerprint density at radius 2 is 2.29 bits per heavy atom. The highest BCUT2D eigenvalue weighted by molar-refractivity contribution is 5.84. The van der Waals surface area contributed by atoms with E-state index < -0.39 is 5.97 Å². The summed E-state index contributed by atoms with van der Waals surface area (Å²) in [6.07, 6.45) is 4.08. The number of nitrogens with zero attached hydrogens (tertiary/aromatic N) is 7. The lowest BCUT2D eigenvalue weighted by Crippen LogP contribution is -2.47. The van der Waals surface area contributed by atoms with Crippen LogP contribution >= 0.6 is 0 Å². The molecule has 1 fully saturated rings. The van der Waals surface area contributed by atoms with Crippen LogP contribution in [0.3, 0.4) is 0 Å². The maximum absolute atomic E-state index is 10.8. The van der Waals surface area contributed by atoms with E-state index in [1.165, 1.54) is 6.20 Å². The third-order valence-electron chi connectivity index (χ3n) is 3.54. The topological polar surface area (TPSA) is 102 Å². The molecule has 21 heavy (non-hydrogen) atoms. The molecule has 3 rings (SSSR count). The Bertz CT molecular complexity index is 629. The maximum atomic E-state index is 10.8. The van der Waals surface area contributed by atoms with E-state index in [-0.39, 0.29) is 11.7 Å². The average Bonchev–Trinajstić information content (AvgIpc) is 3.03. The predicted octanol–water partition coefficient (Wildman–Crippen LogP) is 0.0347. The quantitative estimate of drug-likeness (QED) is 0.801.